The summed E-state index contributed by atoms with van der Waals surface area (Å²) in [6.45, 7) is 0.803. The van der Waals surface area contributed by atoms with Gasteiger partial charge in [-0.25, -0.2) is 0 Å². The molecule has 29 heavy (non-hydrogen) atoms. The van der Waals surface area contributed by atoms with E-state index in [1.54, 1.807) is 30.5 Å². The average Bonchev–Trinajstić information content (AvgIpc) is 3.40. The van der Waals surface area contributed by atoms with Gasteiger partial charge >= 0.3 is 0 Å². The number of hydrogen-bond acceptors (Lipinski definition) is 4. The van der Waals surface area contributed by atoms with Gasteiger partial charge in [-0.15, -0.1) is 0 Å². The Morgan fingerprint density at radius 1 is 1.10 bits per heavy atom. The first-order valence-electron chi connectivity index (χ1n) is 9.01. The quantitative estimate of drug-likeness (QED) is 0.467. The van der Waals surface area contributed by atoms with Crippen molar-refractivity contribution in [2.24, 2.45) is 0 Å². The van der Waals surface area contributed by atoms with E-state index in [9.17, 15) is 4.79 Å². The summed E-state index contributed by atoms with van der Waals surface area (Å²) in [4.78, 5) is 12.5. The first kappa shape index (κ1) is 18.8. The average molecular weight is 408 g/mol. The van der Waals surface area contributed by atoms with Crippen LogP contribution in [0.2, 0.25) is 5.02 Å². The summed E-state index contributed by atoms with van der Waals surface area (Å²) in [6.07, 6.45) is 3.62. The molecular weight excluding hydrogens is 390 g/mol. The van der Waals surface area contributed by atoms with Crippen LogP contribution in [0, 0.1) is 0 Å². The van der Waals surface area contributed by atoms with Gasteiger partial charge in [0, 0.05) is 18.1 Å². The van der Waals surface area contributed by atoms with Crippen LogP contribution >= 0.6 is 11.6 Å². The fraction of sp³-hybridized carbons (Fsp3) is 0.0909. The van der Waals surface area contributed by atoms with Gasteiger partial charge in [-0.2, -0.15) is 5.10 Å². The Labute approximate surface area is 172 Å². The molecular formula is C22H18ClN3O3. The van der Waals surface area contributed by atoms with Crippen molar-refractivity contribution in [1.82, 2.24) is 9.78 Å². The molecule has 0 bridgehead atoms. The zero-order valence-electron chi connectivity index (χ0n) is 15.4. The lowest BCUT2D eigenvalue weighted by Crippen LogP contribution is -2.11. The summed E-state index contributed by atoms with van der Waals surface area (Å²) >= 11 is 6.07. The summed E-state index contributed by atoms with van der Waals surface area (Å²) in [5, 5.41) is 7.56. The van der Waals surface area contributed by atoms with Crippen molar-refractivity contribution in [2.75, 3.05) is 5.32 Å². The number of benzene rings is 2. The number of nitrogens with one attached hydrogen (secondary N) is 1. The molecule has 0 radical (unpaired) electrons. The van der Waals surface area contributed by atoms with Crippen LogP contribution in [0.3, 0.4) is 0 Å². The highest BCUT2D eigenvalue weighted by Crippen LogP contribution is 2.24. The number of anilines is 1. The fourth-order valence-electron chi connectivity index (χ4n) is 2.81. The van der Waals surface area contributed by atoms with Gasteiger partial charge in [-0.3, -0.25) is 9.48 Å². The van der Waals surface area contributed by atoms with Crippen LogP contribution in [0.15, 0.2) is 83.5 Å². The Bertz CT molecular complexity index is 1110. The number of ether oxygens (including phenoxy) is 1. The predicted molar refractivity (Wildman–Crippen MR) is 110 cm³/mol. The van der Waals surface area contributed by atoms with E-state index in [2.05, 4.69) is 10.4 Å². The second kappa shape index (κ2) is 8.67. The molecule has 6 nitrogen and oxygen atoms in total. The highest BCUT2D eigenvalue weighted by Gasteiger charge is 2.13. The minimum atomic E-state index is -0.328. The van der Waals surface area contributed by atoms with E-state index < -0.39 is 0 Å². The van der Waals surface area contributed by atoms with Crippen molar-refractivity contribution in [2.45, 2.75) is 13.2 Å². The Kier molecular flexibility index (Phi) is 5.63. The van der Waals surface area contributed by atoms with Crippen LogP contribution in [-0.4, -0.2) is 15.7 Å². The van der Waals surface area contributed by atoms with Gasteiger partial charge in [0.1, 0.15) is 18.1 Å². The molecule has 2 heterocycles. The van der Waals surface area contributed by atoms with Crippen LogP contribution in [0.1, 0.15) is 21.9 Å². The van der Waals surface area contributed by atoms with Gasteiger partial charge in [0.15, 0.2) is 5.76 Å². The molecule has 4 rings (SSSR count). The Balaban J connectivity index is 1.37. The van der Waals surface area contributed by atoms with Crippen molar-refractivity contribution in [3.05, 3.63) is 101 Å². The van der Waals surface area contributed by atoms with E-state index in [0.29, 0.717) is 28.8 Å². The zero-order valence-corrected chi connectivity index (χ0v) is 16.2. The molecule has 0 aliphatic heterocycles. The molecule has 7 heteroatoms. The minimum Gasteiger partial charge on any atom is -0.484 e. The molecule has 0 saturated carbocycles. The third-order valence-corrected chi connectivity index (χ3v) is 4.49. The first-order chi connectivity index (χ1) is 14.2. The number of para-hydroxylation sites is 1. The lowest BCUT2D eigenvalue weighted by Gasteiger charge is -2.07. The zero-order chi connectivity index (χ0) is 20.1. The standard InChI is InChI=1S/C22H18ClN3O3/c23-19-7-1-2-8-20(19)28-15-18-9-10-21(29-18)22(27)25-17-6-3-5-16(13-17)14-26-12-4-11-24-26/h1-13H,14-15H2,(H,25,27). The van der Waals surface area contributed by atoms with Crippen molar-refractivity contribution < 1.29 is 13.9 Å². The summed E-state index contributed by atoms with van der Waals surface area (Å²) in [6, 6.07) is 20.0. The molecule has 0 atom stereocenters. The van der Waals surface area contributed by atoms with Gasteiger partial charge in [0.05, 0.1) is 11.6 Å². The lowest BCUT2D eigenvalue weighted by molar-refractivity contribution is 0.0992. The second-order valence-corrected chi connectivity index (χ2v) is 6.75. The number of nitrogens with zero attached hydrogens (tertiary/aromatic N) is 2. The maximum atomic E-state index is 12.5. The maximum Gasteiger partial charge on any atom is 0.291 e. The van der Waals surface area contributed by atoms with Crippen molar-refractivity contribution in [3.63, 3.8) is 0 Å². The second-order valence-electron chi connectivity index (χ2n) is 6.34. The van der Waals surface area contributed by atoms with E-state index in [-0.39, 0.29) is 18.3 Å². The maximum absolute atomic E-state index is 12.5. The number of amides is 1. The summed E-state index contributed by atoms with van der Waals surface area (Å²) in [5.41, 5.74) is 1.71. The molecule has 1 amide bonds. The molecule has 0 aliphatic rings. The highest BCUT2D eigenvalue weighted by atomic mass is 35.5. The molecule has 0 unspecified atom stereocenters. The van der Waals surface area contributed by atoms with Crippen molar-refractivity contribution >= 4 is 23.2 Å². The molecule has 0 aliphatic carbocycles. The Morgan fingerprint density at radius 3 is 2.83 bits per heavy atom. The summed E-state index contributed by atoms with van der Waals surface area (Å²) in [5.74, 6) is 0.971. The van der Waals surface area contributed by atoms with Crippen LogP contribution in [-0.2, 0) is 13.2 Å². The lowest BCUT2D eigenvalue weighted by atomic mass is 10.2. The van der Waals surface area contributed by atoms with E-state index in [4.69, 9.17) is 20.8 Å². The molecule has 0 saturated heterocycles. The van der Waals surface area contributed by atoms with E-state index in [1.807, 2.05) is 53.3 Å². The minimum absolute atomic E-state index is 0.177. The first-order valence-corrected chi connectivity index (χ1v) is 9.39. The topological polar surface area (TPSA) is 69.3 Å². The van der Waals surface area contributed by atoms with Crippen LogP contribution in [0.5, 0.6) is 5.75 Å². The van der Waals surface area contributed by atoms with Crippen LogP contribution in [0.4, 0.5) is 5.69 Å². The Morgan fingerprint density at radius 2 is 2.00 bits per heavy atom. The SMILES string of the molecule is O=C(Nc1cccc(Cn2cccn2)c1)c1ccc(COc2ccccc2Cl)o1. The Hall–Kier alpha value is -3.51. The number of carbonyl (C=O) groups is 1. The number of aromatic nitrogens is 2. The van der Waals surface area contributed by atoms with Gasteiger partial charge in [0.2, 0.25) is 0 Å². The third kappa shape index (κ3) is 4.86. The van der Waals surface area contributed by atoms with Gasteiger partial charge in [0.25, 0.3) is 5.91 Å². The molecule has 2 aromatic heterocycles. The molecule has 2 aromatic carbocycles. The fourth-order valence-corrected chi connectivity index (χ4v) is 3.00. The number of hydrogen-bond donors (Lipinski definition) is 1. The monoisotopic (exact) mass is 407 g/mol. The van der Waals surface area contributed by atoms with Crippen LogP contribution < -0.4 is 10.1 Å². The third-order valence-electron chi connectivity index (χ3n) is 4.18. The van der Waals surface area contributed by atoms with Gasteiger partial charge in [-0.1, -0.05) is 35.9 Å². The largest absolute Gasteiger partial charge is 0.484 e. The van der Waals surface area contributed by atoms with Crippen LogP contribution in [0.25, 0.3) is 0 Å². The highest BCUT2D eigenvalue weighted by molar-refractivity contribution is 6.32. The smallest absolute Gasteiger partial charge is 0.291 e. The van der Waals surface area contributed by atoms with Gasteiger partial charge < -0.3 is 14.5 Å². The summed E-state index contributed by atoms with van der Waals surface area (Å²) < 4.78 is 13.1. The number of carbonyl (C=O) groups excluding carboxylic acids is 1. The molecule has 0 spiro atoms. The van der Waals surface area contributed by atoms with E-state index >= 15 is 0 Å². The number of halogens is 1. The van der Waals surface area contributed by atoms with E-state index in [1.165, 1.54) is 0 Å². The molecule has 4 aromatic rings. The molecule has 146 valence electrons. The number of furan rings is 1. The predicted octanol–water partition coefficient (Wildman–Crippen LogP) is 5.01. The van der Waals surface area contributed by atoms with Crippen molar-refractivity contribution in [3.8, 4) is 5.75 Å². The normalized spacial score (nSPS) is 10.7. The van der Waals surface area contributed by atoms with Gasteiger partial charge in [-0.05, 0) is 48.0 Å². The number of rotatable bonds is 7. The van der Waals surface area contributed by atoms with Crippen molar-refractivity contribution in [1.29, 1.82) is 0 Å². The molecule has 1 N–H and O–H groups in total. The molecule has 0 fully saturated rings. The van der Waals surface area contributed by atoms with E-state index in [0.717, 1.165) is 5.56 Å². The summed E-state index contributed by atoms with van der Waals surface area (Å²) in [7, 11) is 0.